The Morgan fingerprint density at radius 1 is 1.16 bits per heavy atom. The molecule has 0 aliphatic rings. The fraction of sp³-hybridized carbons (Fsp3) is 0.211. The van der Waals surface area contributed by atoms with E-state index in [2.05, 4.69) is 15.3 Å². The van der Waals surface area contributed by atoms with E-state index >= 15 is 0 Å². The molecule has 1 aromatic heterocycles. The van der Waals surface area contributed by atoms with Crippen LogP contribution in [0.2, 0.25) is 0 Å². The van der Waals surface area contributed by atoms with Gasteiger partial charge < -0.3 is 10.1 Å². The summed E-state index contributed by atoms with van der Waals surface area (Å²) in [6, 6.07) is 11.2. The molecule has 1 heterocycles. The van der Waals surface area contributed by atoms with Crippen LogP contribution in [0.3, 0.4) is 0 Å². The van der Waals surface area contributed by atoms with Crippen molar-refractivity contribution >= 4 is 28.4 Å². The first kappa shape index (κ1) is 16.8. The number of hydrogen-bond acceptors (Lipinski definition) is 5. The average Bonchev–Trinajstić information content (AvgIpc) is 2.61. The highest BCUT2D eigenvalue weighted by atomic mass is 19.1. The van der Waals surface area contributed by atoms with Gasteiger partial charge in [-0.05, 0) is 48.4 Å². The Hall–Kier alpha value is -3.02. The monoisotopic (exact) mass is 339 g/mol. The van der Waals surface area contributed by atoms with Gasteiger partial charge in [0.05, 0.1) is 17.7 Å². The van der Waals surface area contributed by atoms with Crippen molar-refractivity contribution in [3.8, 4) is 0 Å². The van der Waals surface area contributed by atoms with E-state index in [0.717, 1.165) is 5.69 Å². The van der Waals surface area contributed by atoms with Gasteiger partial charge in [0.1, 0.15) is 18.0 Å². The first-order valence-corrected chi connectivity index (χ1v) is 7.97. The van der Waals surface area contributed by atoms with Crippen LogP contribution in [0.25, 0.3) is 10.9 Å². The summed E-state index contributed by atoms with van der Waals surface area (Å²) in [5, 5.41) is 3.71. The second-order valence-electron chi connectivity index (χ2n) is 6.08. The lowest BCUT2D eigenvalue weighted by Gasteiger charge is -2.10. The highest BCUT2D eigenvalue weighted by Crippen LogP contribution is 2.24. The Labute approximate surface area is 144 Å². The van der Waals surface area contributed by atoms with E-state index in [1.807, 2.05) is 13.8 Å². The van der Waals surface area contributed by atoms with E-state index in [-0.39, 0.29) is 17.7 Å². The predicted octanol–water partition coefficient (Wildman–Crippen LogP) is 4.33. The van der Waals surface area contributed by atoms with Crippen molar-refractivity contribution in [1.82, 2.24) is 9.97 Å². The summed E-state index contributed by atoms with van der Waals surface area (Å²) in [6.07, 6.45) is 1.42. The number of aromatic nitrogens is 2. The first-order chi connectivity index (χ1) is 12.0. The molecule has 0 aliphatic heterocycles. The third kappa shape index (κ3) is 4.09. The van der Waals surface area contributed by atoms with Gasteiger partial charge in [0.25, 0.3) is 0 Å². The molecule has 25 heavy (non-hydrogen) atoms. The predicted molar refractivity (Wildman–Crippen MR) is 94.3 cm³/mol. The molecule has 5 nitrogen and oxygen atoms in total. The van der Waals surface area contributed by atoms with Crippen LogP contribution in [0.5, 0.6) is 0 Å². The molecule has 0 bridgehead atoms. The van der Waals surface area contributed by atoms with Gasteiger partial charge >= 0.3 is 5.97 Å². The number of ether oxygens (including phenoxy) is 1. The van der Waals surface area contributed by atoms with Crippen LogP contribution < -0.4 is 5.32 Å². The number of fused-ring (bicyclic) bond motifs is 1. The van der Waals surface area contributed by atoms with Gasteiger partial charge in [-0.15, -0.1) is 0 Å². The summed E-state index contributed by atoms with van der Waals surface area (Å²) in [5.74, 6) is 0.0827. The van der Waals surface area contributed by atoms with Gasteiger partial charge in [-0.1, -0.05) is 13.8 Å². The zero-order chi connectivity index (χ0) is 17.8. The Kier molecular flexibility index (Phi) is 4.88. The van der Waals surface area contributed by atoms with Gasteiger partial charge in [-0.2, -0.15) is 0 Å². The number of benzene rings is 2. The molecule has 6 heteroatoms. The number of esters is 1. The van der Waals surface area contributed by atoms with E-state index in [0.29, 0.717) is 28.9 Å². The van der Waals surface area contributed by atoms with E-state index < -0.39 is 0 Å². The topological polar surface area (TPSA) is 64.1 Å². The van der Waals surface area contributed by atoms with Gasteiger partial charge in [-0.25, -0.2) is 19.2 Å². The third-order valence-electron chi connectivity index (χ3n) is 3.53. The van der Waals surface area contributed by atoms with Crippen molar-refractivity contribution in [1.29, 1.82) is 0 Å². The highest BCUT2D eigenvalue weighted by molar-refractivity contribution is 5.92. The normalized spacial score (nSPS) is 10.9. The molecule has 0 radical (unpaired) electrons. The molecule has 1 N–H and O–H groups in total. The molecule has 0 amide bonds. The first-order valence-electron chi connectivity index (χ1n) is 7.97. The maximum atomic E-state index is 13.5. The number of rotatable bonds is 5. The maximum absolute atomic E-state index is 13.5. The Bertz CT molecular complexity index is 895. The van der Waals surface area contributed by atoms with Crippen molar-refractivity contribution in [2.75, 3.05) is 11.9 Å². The molecule has 0 unspecified atom stereocenters. The zero-order valence-electron chi connectivity index (χ0n) is 14.0. The second-order valence-corrected chi connectivity index (χ2v) is 6.08. The molecule has 0 aliphatic carbocycles. The van der Waals surface area contributed by atoms with Gasteiger partial charge in [0.15, 0.2) is 0 Å². The van der Waals surface area contributed by atoms with Crippen molar-refractivity contribution in [3.63, 3.8) is 0 Å². The molecule has 3 rings (SSSR count). The lowest BCUT2D eigenvalue weighted by Crippen LogP contribution is -2.10. The Balaban J connectivity index is 1.78. The molecule has 128 valence electrons. The molecular formula is C19H18FN3O2. The summed E-state index contributed by atoms with van der Waals surface area (Å²) in [7, 11) is 0. The molecule has 0 fully saturated rings. The number of nitrogens with one attached hydrogen (secondary N) is 1. The van der Waals surface area contributed by atoms with Crippen molar-refractivity contribution in [3.05, 3.63) is 60.2 Å². The summed E-state index contributed by atoms with van der Waals surface area (Å²) < 4.78 is 18.7. The quantitative estimate of drug-likeness (QED) is 0.701. The van der Waals surface area contributed by atoms with Crippen LogP contribution in [0.1, 0.15) is 24.2 Å². The fourth-order valence-electron chi connectivity index (χ4n) is 2.28. The minimum absolute atomic E-state index is 0.288. The van der Waals surface area contributed by atoms with Crippen molar-refractivity contribution < 1.29 is 13.9 Å². The molecule has 0 saturated carbocycles. The summed E-state index contributed by atoms with van der Waals surface area (Å²) in [5.41, 5.74) is 1.85. The number of halogens is 1. The molecule has 3 aromatic rings. The molecule has 0 saturated heterocycles. The largest absolute Gasteiger partial charge is 0.462 e. The van der Waals surface area contributed by atoms with Crippen LogP contribution in [0.4, 0.5) is 15.9 Å². The summed E-state index contributed by atoms with van der Waals surface area (Å²) in [4.78, 5) is 20.2. The highest BCUT2D eigenvalue weighted by Gasteiger charge is 2.09. The molecule has 2 aromatic carbocycles. The van der Waals surface area contributed by atoms with Crippen molar-refractivity contribution in [2.24, 2.45) is 5.92 Å². The van der Waals surface area contributed by atoms with E-state index in [4.69, 9.17) is 4.74 Å². The van der Waals surface area contributed by atoms with E-state index in [1.54, 1.807) is 30.3 Å². The number of anilines is 2. The van der Waals surface area contributed by atoms with Crippen LogP contribution in [-0.4, -0.2) is 22.5 Å². The van der Waals surface area contributed by atoms with Crippen LogP contribution in [-0.2, 0) is 4.74 Å². The van der Waals surface area contributed by atoms with Crippen molar-refractivity contribution in [2.45, 2.75) is 13.8 Å². The SMILES string of the molecule is CC(C)COC(=O)c1ccc(Nc2ncnc3ccc(F)cc23)cc1. The van der Waals surface area contributed by atoms with Gasteiger partial charge in [0, 0.05) is 11.1 Å². The number of carbonyl (C=O) groups excluding carboxylic acids is 1. The number of nitrogens with zero attached hydrogens (tertiary/aromatic N) is 2. The Morgan fingerprint density at radius 2 is 1.92 bits per heavy atom. The molecular weight excluding hydrogens is 321 g/mol. The smallest absolute Gasteiger partial charge is 0.338 e. The standard InChI is InChI=1S/C19H18FN3O2/c1-12(2)10-25-19(24)13-3-6-15(7-4-13)23-18-16-9-14(20)5-8-17(16)21-11-22-18/h3-9,11-12H,10H2,1-2H3,(H,21,22,23). The average molecular weight is 339 g/mol. The number of carbonyl (C=O) groups is 1. The minimum Gasteiger partial charge on any atom is -0.462 e. The molecule has 0 atom stereocenters. The summed E-state index contributed by atoms with van der Waals surface area (Å²) >= 11 is 0. The lowest BCUT2D eigenvalue weighted by molar-refractivity contribution is 0.0459. The third-order valence-corrected chi connectivity index (χ3v) is 3.53. The number of hydrogen-bond donors (Lipinski definition) is 1. The van der Waals surface area contributed by atoms with E-state index in [1.165, 1.54) is 18.5 Å². The minimum atomic E-state index is -0.353. The van der Waals surface area contributed by atoms with E-state index in [9.17, 15) is 9.18 Å². The fourth-order valence-corrected chi connectivity index (χ4v) is 2.28. The van der Waals surface area contributed by atoms with Crippen LogP contribution >= 0.6 is 0 Å². The lowest BCUT2D eigenvalue weighted by atomic mass is 10.2. The van der Waals surface area contributed by atoms with Gasteiger partial charge in [-0.3, -0.25) is 0 Å². The Morgan fingerprint density at radius 3 is 2.64 bits per heavy atom. The van der Waals surface area contributed by atoms with Crippen LogP contribution in [0, 0.1) is 11.7 Å². The zero-order valence-corrected chi connectivity index (χ0v) is 14.0. The molecule has 0 spiro atoms. The van der Waals surface area contributed by atoms with Gasteiger partial charge in [0.2, 0.25) is 0 Å². The summed E-state index contributed by atoms with van der Waals surface area (Å²) in [6.45, 7) is 4.35. The second kappa shape index (κ2) is 7.25. The van der Waals surface area contributed by atoms with Crippen LogP contribution in [0.15, 0.2) is 48.8 Å². The maximum Gasteiger partial charge on any atom is 0.338 e.